The van der Waals surface area contributed by atoms with Crippen LogP contribution in [0.15, 0.2) is 0 Å². The molecule has 1 saturated carbocycles. The third-order valence-electron chi connectivity index (χ3n) is 4.23. The topological polar surface area (TPSA) is 33.1 Å². The molecule has 1 fully saturated rings. The number of fused-ring (bicyclic) bond motifs is 1. The Hall–Kier alpha value is -0.870. The van der Waals surface area contributed by atoms with E-state index in [1.165, 1.54) is 30.1 Å². The number of nitrogens with one attached hydrogen (secondary N) is 1. The molecule has 0 unspecified atom stereocenters. The maximum absolute atomic E-state index is 4.79. The molecule has 0 radical (unpaired) electrons. The lowest BCUT2D eigenvalue weighted by Gasteiger charge is -2.20. The summed E-state index contributed by atoms with van der Waals surface area (Å²) in [6.07, 6.45) is 4.96. The van der Waals surface area contributed by atoms with Crippen LogP contribution >= 0.6 is 0 Å². The molecule has 4 nitrogen and oxygen atoms in total. The SMILES string of the molecule is CCc1nc2c(n1CCN(C)C1CC1)CCNC2. The summed E-state index contributed by atoms with van der Waals surface area (Å²) in [5, 5.41) is 3.41. The van der Waals surface area contributed by atoms with Gasteiger partial charge < -0.3 is 14.8 Å². The molecule has 0 atom stereocenters. The van der Waals surface area contributed by atoms with Crippen molar-refractivity contribution in [3.8, 4) is 0 Å². The molecular formula is C14H24N4. The molecule has 1 aromatic heterocycles. The van der Waals surface area contributed by atoms with Crippen LogP contribution in [0.5, 0.6) is 0 Å². The second-order valence-corrected chi connectivity index (χ2v) is 5.57. The maximum Gasteiger partial charge on any atom is 0.109 e. The van der Waals surface area contributed by atoms with Crippen molar-refractivity contribution in [3.05, 3.63) is 17.2 Å². The van der Waals surface area contributed by atoms with E-state index in [0.29, 0.717) is 0 Å². The Morgan fingerprint density at radius 3 is 3.00 bits per heavy atom. The van der Waals surface area contributed by atoms with Crippen LogP contribution in [0.3, 0.4) is 0 Å². The highest BCUT2D eigenvalue weighted by Gasteiger charge is 2.26. The van der Waals surface area contributed by atoms with Crippen molar-refractivity contribution < 1.29 is 0 Å². The van der Waals surface area contributed by atoms with Crippen molar-refractivity contribution in [2.45, 2.75) is 51.7 Å². The largest absolute Gasteiger partial charge is 0.330 e. The molecule has 18 heavy (non-hydrogen) atoms. The van der Waals surface area contributed by atoms with E-state index in [0.717, 1.165) is 45.1 Å². The van der Waals surface area contributed by atoms with E-state index in [4.69, 9.17) is 4.98 Å². The summed E-state index contributed by atoms with van der Waals surface area (Å²) in [6.45, 7) is 6.53. The highest BCUT2D eigenvalue weighted by atomic mass is 15.2. The lowest BCUT2D eigenvalue weighted by atomic mass is 10.2. The molecule has 1 aromatic rings. The molecule has 1 N–H and O–H groups in total. The van der Waals surface area contributed by atoms with Gasteiger partial charge in [-0.2, -0.15) is 0 Å². The molecule has 0 spiro atoms. The average Bonchev–Trinajstić information content (AvgIpc) is 3.18. The van der Waals surface area contributed by atoms with Gasteiger partial charge in [0, 0.05) is 50.8 Å². The Balaban J connectivity index is 1.74. The molecule has 2 aliphatic rings. The van der Waals surface area contributed by atoms with Crippen LogP contribution in [-0.4, -0.2) is 40.6 Å². The van der Waals surface area contributed by atoms with Crippen molar-refractivity contribution in [1.82, 2.24) is 19.8 Å². The first kappa shape index (κ1) is 12.2. The Morgan fingerprint density at radius 1 is 1.44 bits per heavy atom. The van der Waals surface area contributed by atoms with Crippen LogP contribution in [0.4, 0.5) is 0 Å². The summed E-state index contributed by atoms with van der Waals surface area (Å²) < 4.78 is 2.48. The molecule has 0 saturated heterocycles. The van der Waals surface area contributed by atoms with Crippen molar-refractivity contribution in [1.29, 1.82) is 0 Å². The fourth-order valence-electron chi connectivity index (χ4n) is 2.92. The number of hydrogen-bond donors (Lipinski definition) is 1. The van der Waals surface area contributed by atoms with Gasteiger partial charge in [0.2, 0.25) is 0 Å². The predicted octanol–water partition coefficient (Wildman–Crippen LogP) is 1.19. The minimum Gasteiger partial charge on any atom is -0.330 e. The van der Waals surface area contributed by atoms with E-state index in [2.05, 4.69) is 28.8 Å². The van der Waals surface area contributed by atoms with Gasteiger partial charge in [0.15, 0.2) is 0 Å². The summed E-state index contributed by atoms with van der Waals surface area (Å²) in [5.74, 6) is 1.27. The van der Waals surface area contributed by atoms with Gasteiger partial charge in [0.1, 0.15) is 5.82 Å². The second kappa shape index (κ2) is 5.02. The zero-order chi connectivity index (χ0) is 12.5. The summed E-state index contributed by atoms with van der Waals surface area (Å²) >= 11 is 0. The number of rotatable bonds is 5. The fraction of sp³-hybridized carbons (Fsp3) is 0.786. The van der Waals surface area contributed by atoms with Crippen LogP contribution in [-0.2, 0) is 25.9 Å². The minimum absolute atomic E-state index is 0.857. The van der Waals surface area contributed by atoms with Crippen molar-refractivity contribution in [3.63, 3.8) is 0 Å². The zero-order valence-corrected chi connectivity index (χ0v) is 11.6. The van der Waals surface area contributed by atoms with Crippen molar-refractivity contribution in [2.24, 2.45) is 0 Å². The Morgan fingerprint density at radius 2 is 2.28 bits per heavy atom. The van der Waals surface area contributed by atoms with Crippen LogP contribution in [0, 0.1) is 0 Å². The third-order valence-corrected chi connectivity index (χ3v) is 4.23. The Labute approximate surface area is 109 Å². The van der Waals surface area contributed by atoms with Gasteiger partial charge >= 0.3 is 0 Å². The molecule has 0 amide bonds. The number of aryl methyl sites for hydroxylation is 1. The molecule has 2 heterocycles. The summed E-state index contributed by atoms with van der Waals surface area (Å²) in [6, 6.07) is 0.857. The van der Waals surface area contributed by atoms with Crippen LogP contribution in [0.1, 0.15) is 37.0 Å². The van der Waals surface area contributed by atoms with Gasteiger partial charge in [-0.3, -0.25) is 0 Å². The first-order valence-electron chi connectivity index (χ1n) is 7.27. The van der Waals surface area contributed by atoms with Crippen molar-refractivity contribution in [2.75, 3.05) is 20.1 Å². The van der Waals surface area contributed by atoms with Gasteiger partial charge in [-0.25, -0.2) is 4.98 Å². The molecule has 0 aromatic carbocycles. The van der Waals surface area contributed by atoms with Gasteiger partial charge in [0.05, 0.1) is 5.69 Å². The molecule has 100 valence electrons. The quantitative estimate of drug-likeness (QED) is 0.849. The molecule has 4 heteroatoms. The number of aromatic nitrogens is 2. The molecule has 0 bridgehead atoms. The van der Waals surface area contributed by atoms with Crippen LogP contribution < -0.4 is 5.32 Å². The van der Waals surface area contributed by atoms with Gasteiger partial charge in [-0.15, -0.1) is 0 Å². The highest BCUT2D eigenvalue weighted by Crippen LogP contribution is 2.25. The van der Waals surface area contributed by atoms with E-state index in [1.807, 2.05) is 0 Å². The lowest BCUT2D eigenvalue weighted by molar-refractivity contribution is 0.305. The fourth-order valence-corrected chi connectivity index (χ4v) is 2.92. The van der Waals surface area contributed by atoms with Gasteiger partial charge in [-0.05, 0) is 19.9 Å². The van der Waals surface area contributed by atoms with Gasteiger partial charge in [0.25, 0.3) is 0 Å². The Kier molecular flexibility index (Phi) is 3.39. The van der Waals surface area contributed by atoms with Crippen LogP contribution in [0.25, 0.3) is 0 Å². The zero-order valence-electron chi connectivity index (χ0n) is 11.6. The molecule has 1 aliphatic carbocycles. The van der Waals surface area contributed by atoms with E-state index in [9.17, 15) is 0 Å². The average molecular weight is 248 g/mol. The second-order valence-electron chi connectivity index (χ2n) is 5.57. The van der Waals surface area contributed by atoms with E-state index in [1.54, 1.807) is 0 Å². The summed E-state index contributed by atoms with van der Waals surface area (Å²) in [4.78, 5) is 7.30. The summed E-state index contributed by atoms with van der Waals surface area (Å²) in [5.41, 5.74) is 2.77. The smallest absolute Gasteiger partial charge is 0.109 e. The predicted molar refractivity (Wildman–Crippen MR) is 72.7 cm³/mol. The van der Waals surface area contributed by atoms with Gasteiger partial charge in [-0.1, -0.05) is 6.92 Å². The Bertz CT molecular complexity index is 420. The normalized spacial score (nSPS) is 19.3. The summed E-state index contributed by atoms with van der Waals surface area (Å²) in [7, 11) is 2.26. The number of imidazole rings is 1. The maximum atomic E-state index is 4.79. The molecular weight excluding hydrogens is 224 g/mol. The highest BCUT2D eigenvalue weighted by molar-refractivity contribution is 5.20. The molecule has 1 aliphatic heterocycles. The lowest BCUT2D eigenvalue weighted by Crippen LogP contribution is -2.28. The van der Waals surface area contributed by atoms with E-state index >= 15 is 0 Å². The number of hydrogen-bond acceptors (Lipinski definition) is 3. The standard InChI is InChI=1S/C14H24N4/c1-3-14-16-12-10-15-7-6-13(12)18(14)9-8-17(2)11-4-5-11/h11,15H,3-10H2,1-2H3. The van der Waals surface area contributed by atoms with Crippen LogP contribution in [0.2, 0.25) is 0 Å². The number of likely N-dealkylation sites (N-methyl/N-ethyl adjacent to an activating group) is 1. The first-order valence-corrected chi connectivity index (χ1v) is 7.27. The molecule has 3 rings (SSSR count). The minimum atomic E-state index is 0.857. The van der Waals surface area contributed by atoms with E-state index in [-0.39, 0.29) is 0 Å². The monoisotopic (exact) mass is 248 g/mol. The first-order chi connectivity index (χ1) is 8.79. The van der Waals surface area contributed by atoms with E-state index < -0.39 is 0 Å². The van der Waals surface area contributed by atoms with Crippen molar-refractivity contribution >= 4 is 0 Å². The third kappa shape index (κ3) is 2.31. The number of nitrogens with zero attached hydrogens (tertiary/aromatic N) is 3.